The van der Waals surface area contributed by atoms with Crippen molar-refractivity contribution < 1.29 is 14.7 Å². The fourth-order valence-electron chi connectivity index (χ4n) is 2.56. The Hall–Kier alpha value is -1.40. The largest absolute Gasteiger partial charge is 0.396 e. The summed E-state index contributed by atoms with van der Waals surface area (Å²) in [6.07, 6.45) is 4.08. The lowest BCUT2D eigenvalue weighted by molar-refractivity contribution is -0.114. The fraction of sp³-hybridized carbons (Fsp3) is 0.571. The molecule has 2 unspecified atom stereocenters. The summed E-state index contributed by atoms with van der Waals surface area (Å²) in [6, 6.07) is 3.49. The van der Waals surface area contributed by atoms with Crippen LogP contribution in [-0.2, 0) is 4.79 Å². The number of amides is 2. The summed E-state index contributed by atoms with van der Waals surface area (Å²) in [7, 11) is 0. The van der Waals surface area contributed by atoms with Crippen LogP contribution < -0.4 is 10.6 Å². The number of nitrogens with one attached hydrogen (secondary N) is 2. The van der Waals surface area contributed by atoms with Gasteiger partial charge in [0, 0.05) is 25.5 Å². The van der Waals surface area contributed by atoms with Crippen molar-refractivity contribution in [3.8, 4) is 0 Å². The highest BCUT2D eigenvalue weighted by Crippen LogP contribution is 2.26. The molecule has 6 heteroatoms. The van der Waals surface area contributed by atoms with Crippen molar-refractivity contribution in [1.82, 2.24) is 5.32 Å². The van der Waals surface area contributed by atoms with Gasteiger partial charge in [0.25, 0.3) is 5.91 Å². The second-order valence-corrected chi connectivity index (χ2v) is 6.24. The van der Waals surface area contributed by atoms with Crippen molar-refractivity contribution in [2.75, 3.05) is 11.9 Å². The summed E-state index contributed by atoms with van der Waals surface area (Å²) in [5.41, 5.74) is 0. The Kier molecular flexibility index (Phi) is 5.14. The van der Waals surface area contributed by atoms with Crippen LogP contribution in [0.2, 0.25) is 0 Å². The van der Waals surface area contributed by atoms with Crippen molar-refractivity contribution in [2.45, 2.75) is 38.6 Å². The number of hydrogen-bond donors (Lipinski definition) is 3. The third-order valence-electron chi connectivity index (χ3n) is 3.59. The van der Waals surface area contributed by atoms with E-state index in [1.165, 1.54) is 18.3 Å². The molecule has 0 aromatic carbocycles. The molecule has 0 bridgehead atoms. The fourth-order valence-corrected chi connectivity index (χ4v) is 3.41. The minimum Gasteiger partial charge on any atom is -0.396 e. The minimum atomic E-state index is -0.147. The van der Waals surface area contributed by atoms with E-state index >= 15 is 0 Å². The zero-order valence-electron chi connectivity index (χ0n) is 11.5. The average Bonchev–Trinajstić information content (AvgIpc) is 2.87. The Balaban J connectivity index is 1.96. The van der Waals surface area contributed by atoms with Crippen molar-refractivity contribution in [1.29, 1.82) is 0 Å². The normalized spacial score (nSPS) is 22.3. The van der Waals surface area contributed by atoms with E-state index in [2.05, 4.69) is 10.6 Å². The number of aliphatic hydroxyl groups excluding tert-OH is 1. The van der Waals surface area contributed by atoms with Crippen molar-refractivity contribution in [2.24, 2.45) is 5.92 Å². The Morgan fingerprint density at radius 2 is 2.10 bits per heavy atom. The standard InChI is InChI=1S/C14H20N2O3S/c1-9(18)15-13-7-6-12(20-13)14(19)16-11-5-3-2-4-10(11)8-17/h6-7,10-11,17H,2-5,8H2,1H3,(H,15,18)(H,16,19). The summed E-state index contributed by atoms with van der Waals surface area (Å²) < 4.78 is 0. The van der Waals surface area contributed by atoms with Gasteiger partial charge in [0.1, 0.15) is 0 Å². The van der Waals surface area contributed by atoms with E-state index < -0.39 is 0 Å². The number of anilines is 1. The third-order valence-corrected chi connectivity index (χ3v) is 4.59. The molecule has 5 nitrogen and oxygen atoms in total. The van der Waals surface area contributed by atoms with Gasteiger partial charge in [-0.25, -0.2) is 0 Å². The lowest BCUT2D eigenvalue weighted by Crippen LogP contribution is -2.43. The van der Waals surface area contributed by atoms with Crippen LogP contribution in [0.5, 0.6) is 0 Å². The van der Waals surface area contributed by atoms with Crippen molar-refractivity contribution in [3.63, 3.8) is 0 Å². The lowest BCUT2D eigenvalue weighted by atomic mass is 9.85. The Morgan fingerprint density at radius 3 is 2.80 bits per heavy atom. The molecule has 1 aliphatic rings. The lowest BCUT2D eigenvalue weighted by Gasteiger charge is -2.30. The summed E-state index contributed by atoms with van der Waals surface area (Å²) >= 11 is 1.26. The monoisotopic (exact) mass is 296 g/mol. The zero-order valence-corrected chi connectivity index (χ0v) is 12.3. The molecular weight excluding hydrogens is 276 g/mol. The van der Waals surface area contributed by atoms with Crippen LogP contribution in [0, 0.1) is 5.92 Å². The molecule has 0 saturated heterocycles. The maximum Gasteiger partial charge on any atom is 0.261 e. The first-order chi connectivity index (χ1) is 9.60. The van der Waals surface area contributed by atoms with Gasteiger partial charge >= 0.3 is 0 Å². The first-order valence-corrected chi connectivity index (χ1v) is 7.71. The van der Waals surface area contributed by atoms with E-state index in [0.29, 0.717) is 9.88 Å². The Bertz CT molecular complexity index is 487. The molecule has 1 saturated carbocycles. The predicted molar refractivity (Wildman–Crippen MR) is 78.9 cm³/mol. The molecule has 0 radical (unpaired) electrons. The third kappa shape index (κ3) is 3.80. The zero-order chi connectivity index (χ0) is 14.5. The first-order valence-electron chi connectivity index (χ1n) is 6.89. The molecule has 3 N–H and O–H groups in total. The van der Waals surface area contributed by atoms with E-state index in [0.717, 1.165) is 25.7 Å². The van der Waals surface area contributed by atoms with Gasteiger partial charge in [-0.05, 0) is 25.0 Å². The predicted octanol–water partition coefficient (Wildman–Crippen LogP) is 1.99. The van der Waals surface area contributed by atoms with E-state index in [1.807, 2.05) is 0 Å². The van der Waals surface area contributed by atoms with E-state index in [4.69, 9.17) is 0 Å². The molecule has 1 aliphatic carbocycles. The quantitative estimate of drug-likeness (QED) is 0.795. The Labute approximate surface area is 122 Å². The maximum atomic E-state index is 12.2. The molecular formula is C14H20N2O3S. The summed E-state index contributed by atoms with van der Waals surface area (Å²) in [5, 5.41) is 15.7. The second-order valence-electron chi connectivity index (χ2n) is 5.15. The molecule has 20 heavy (non-hydrogen) atoms. The number of hydrogen-bond acceptors (Lipinski definition) is 4. The summed E-state index contributed by atoms with van der Waals surface area (Å²) in [4.78, 5) is 23.7. The smallest absolute Gasteiger partial charge is 0.261 e. The number of rotatable bonds is 4. The molecule has 110 valence electrons. The van der Waals surface area contributed by atoms with Gasteiger partial charge in [-0.1, -0.05) is 12.8 Å². The molecule has 0 aliphatic heterocycles. The van der Waals surface area contributed by atoms with Gasteiger partial charge in [0.15, 0.2) is 0 Å². The van der Waals surface area contributed by atoms with Gasteiger partial charge < -0.3 is 15.7 Å². The van der Waals surface area contributed by atoms with Crippen LogP contribution in [0.4, 0.5) is 5.00 Å². The SMILES string of the molecule is CC(=O)Nc1ccc(C(=O)NC2CCCCC2CO)s1. The molecule has 1 aromatic rings. The highest BCUT2D eigenvalue weighted by molar-refractivity contribution is 7.18. The molecule has 1 heterocycles. The second kappa shape index (κ2) is 6.85. The van der Waals surface area contributed by atoms with E-state index in [-0.39, 0.29) is 30.4 Å². The summed E-state index contributed by atoms with van der Waals surface area (Å²) in [5.74, 6) is -0.120. The van der Waals surface area contributed by atoms with Gasteiger partial charge in [0.2, 0.25) is 5.91 Å². The molecule has 2 atom stereocenters. The number of carbonyl (C=O) groups is 2. The molecule has 1 fully saturated rings. The molecule has 2 rings (SSSR count). The highest BCUT2D eigenvalue weighted by Gasteiger charge is 2.26. The van der Waals surface area contributed by atoms with Crippen molar-refractivity contribution >= 4 is 28.2 Å². The minimum absolute atomic E-state index is 0.0487. The van der Waals surface area contributed by atoms with Crippen LogP contribution in [0.25, 0.3) is 0 Å². The number of carbonyl (C=O) groups excluding carboxylic acids is 2. The van der Waals surface area contributed by atoms with Crippen molar-refractivity contribution in [3.05, 3.63) is 17.0 Å². The van der Waals surface area contributed by atoms with Gasteiger partial charge in [-0.15, -0.1) is 11.3 Å². The van der Waals surface area contributed by atoms with Crippen LogP contribution >= 0.6 is 11.3 Å². The van der Waals surface area contributed by atoms with Gasteiger partial charge in [0.05, 0.1) is 9.88 Å². The van der Waals surface area contributed by atoms with Crippen LogP contribution in [0.3, 0.4) is 0 Å². The maximum absolute atomic E-state index is 12.2. The number of aliphatic hydroxyl groups is 1. The van der Waals surface area contributed by atoms with E-state index in [1.54, 1.807) is 12.1 Å². The van der Waals surface area contributed by atoms with Gasteiger partial charge in [-0.3, -0.25) is 9.59 Å². The Morgan fingerprint density at radius 1 is 1.35 bits per heavy atom. The van der Waals surface area contributed by atoms with Crippen LogP contribution in [-0.4, -0.2) is 29.6 Å². The van der Waals surface area contributed by atoms with Crippen LogP contribution in [0.1, 0.15) is 42.3 Å². The topological polar surface area (TPSA) is 78.4 Å². The van der Waals surface area contributed by atoms with E-state index in [9.17, 15) is 14.7 Å². The molecule has 2 amide bonds. The highest BCUT2D eigenvalue weighted by atomic mass is 32.1. The summed E-state index contributed by atoms with van der Waals surface area (Å²) in [6.45, 7) is 1.56. The molecule has 1 aromatic heterocycles. The van der Waals surface area contributed by atoms with Crippen LogP contribution in [0.15, 0.2) is 12.1 Å². The van der Waals surface area contributed by atoms with Gasteiger partial charge in [-0.2, -0.15) is 0 Å². The molecule has 0 spiro atoms. The number of thiophene rings is 1. The first kappa shape index (κ1) is 15.0. The average molecular weight is 296 g/mol.